The lowest BCUT2D eigenvalue weighted by atomic mass is 10.2. The van der Waals surface area contributed by atoms with E-state index in [1.54, 1.807) is 11.0 Å². The highest BCUT2D eigenvalue weighted by Gasteiger charge is 2.18. The van der Waals surface area contributed by atoms with E-state index in [2.05, 4.69) is 37.0 Å². The van der Waals surface area contributed by atoms with E-state index in [9.17, 15) is 0 Å². The number of rotatable bonds is 4. The molecule has 0 amide bonds. The molecule has 0 spiro atoms. The predicted molar refractivity (Wildman–Crippen MR) is 127 cm³/mol. The molecule has 0 atom stereocenters. The summed E-state index contributed by atoms with van der Waals surface area (Å²) in [4.78, 5) is 13.0. The van der Waals surface area contributed by atoms with Crippen LogP contribution in [0.25, 0.3) is 5.69 Å². The summed E-state index contributed by atoms with van der Waals surface area (Å²) in [6, 6.07) is 16.0. The molecule has 1 aliphatic heterocycles. The van der Waals surface area contributed by atoms with Crippen LogP contribution in [0, 0.1) is 0 Å². The molecular weight excluding hydrogens is 501 g/mol. The lowest BCUT2D eigenvalue weighted by Crippen LogP contribution is -2.51. The van der Waals surface area contributed by atoms with Gasteiger partial charge in [-0.25, -0.2) is 14.7 Å². The van der Waals surface area contributed by atoms with E-state index in [1.165, 1.54) is 12.0 Å². The molecule has 0 radical (unpaired) electrons. The Hall–Kier alpha value is -2.33. The number of aromatic nitrogens is 3. The molecule has 0 aliphatic carbocycles. The van der Waals surface area contributed by atoms with Crippen LogP contribution in [0.5, 0.6) is 0 Å². The van der Waals surface area contributed by atoms with Crippen LogP contribution >= 0.6 is 35.6 Å². The summed E-state index contributed by atoms with van der Waals surface area (Å²) in [5.74, 6) is 0.594. The minimum atomic E-state index is 0. The fraction of sp³-hybridized carbons (Fsp3) is 0.250. The zero-order valence-corrected chi connectivity index (χ0v) is 18.9. The zero-order chi connectivity index (χ0) is 19.3. The van der Waals surface area contributed by atoms with Crippen LogP contribution < -0.4 is 10.6 Å². The number of nitrogens with zero attached hydrogens (tertiary/aromatic N) is 6. The Kier molecular flexibility index (Phi) is 7.32. The first kappa shape index (κ1) is 21.4. The number of guanidine groups is 1. The third-order valence-corrected chi connectivity index (χ3v) is 5.09. The maximum absolute atomic E-state index is 6.22. The van der Waals surface area contributed by atoms with Gasteiger partial charge in [-0.1, -0.05) is 23.7 Å². The normalized spacial score (nSPS) is 14.6. The number of benzene rings is 2. The van der Waals surface area contributed by atoms with Crippen LogP contribution in [0.1, 0.15) is 5.56 Å². The Morgan fingerprint density at radius 3 is 2.24 bits per heavy atom. The van der Waals surface area contributed by atoms with E-state index in [1.807, 2.05) is 36.4 Å². The number of anilines is 1. The van der Waals surface area contributed by atoms with Crippen LogP contribution in [0.2, 0.25) is 5.02 Å². The van der Waals surface area contributed by atoms with Crippen molar-refractivity contribution in [3.63, 3.8) is 0 Å². The zero-order valence-electron chi connectivity index (χ0n) is 15.9. The van der Waals surface area contributed by atoms with Crippen molar-refractivity contribution < 1.29 is 0 Å². The highest BCUT2D eigenvalue weighted by molar-refractivity contribution is 14.0. The van der Waals surface area contributed by atoms with Gasteiger partial charge in [0, 0.05) is 36.9 Å². The van der Waals surface area contributed by atoms with Crippen LogP contribution in [0.4, 0.5) is 5.69 Å². The summed E-state index contributed by atoms with van der Waals surface area (Å²) < 4.78 is 1.72. The van der Waals surface area contributed by atoms with Gasteiger partial charge in [-0.2, -0.15) is 5.10 Å². The van der Waals surface area contributed by atoms with Crippen LogP contribution in [0.3, 0.4) is 0 Å². The summed E-state index contributed by atoms with van der Waals surface area (Å²) in [5.41, 5.74) is 9.48. The summed E-state index contributed by atoms with van der Waals surface area (Å²) in [6.07, 6.45) is 3.19. The molecule has 29 heavy (non-hydrogen) atoms. The predicted octanol–water partition coefficient (Wildman–Crippen LogP) is 3.18. The van der Waals surface area contributed by atoms with Crippen molar-refractivity contribution in [2.45, 2.75) is 6.54 Å². The molecule has 0 unspecified atom stereocenters. The number of halogens is 2. The Morgan fingerprint density at radius 2 is 1.62 bits per heavy atom. The lowest BCUT2D eigenvalue weighted by molar-refractivity contribution is 0.380. The maximum atomic E-state index is 6.22. The van der Waals surface area contributed by atoms with E-state index in [-0.39, 0.29) is 24.0 Å². The van der Waals surface area contributed by atoms with Gasteiger partial charge in [-0.3, -0.25) is 0 Å². The lowest BCUT2D eigenvalue weighted by Gasteiger charge is -2.36. The van der Waals surface area contributed by atoms with Crippen molar-refractivity contribution >= 4 is 47.2 Å². The summed E-state index contributed by atoms with van der Waals surface area (Å²) in [7, 11) is 0. The first-order chi connectivity index (χ1) is 13.7. The second-order valence-electron chi connectivity index (χ2n) is 6.63. The van der Waals surface area contributed by atoms with E-state index in [0.717, 1.165) is 42.5 Å². The SMILES string of the molecule is I.NC(=NCc1ccc(-n2cncn2)cc1)N1CCN(c2ccc(Cl)cc2)CC1. The first-order valence-corrected chi connectivity index (χ1v) is 9.56. The standard InChI is InChI=1S/C20H22ClN7.HI/c21-17-3-7-18(8-4-17)26-9-11-27(12-10-26)20(22)24-13-16-1-5-19(6-2-16)28-15-23-14-25-28;/h1-8,14-15H,9-13H2,(H2,22,24);1H. The van der Waals surface area contributed by atoms with Gasteiger partial charge in [-0.05, 0) is 42.0 Å². The van der Waals surface area contributed by atoms with Crippen molar-refractivity contribution in [1.82, 2.24) is 19.7 Å². The Bertz CT molecular complexity index is 918. The fourth-order valence-corrected chi connectivity index (χ4v) is 3.34. The maximum Gasteiger partial charge on any atom is 0.191 e. The average Bonchev–Trinajstić information content (AvgIpc) is 3.28. The third-order valence-electron chi connectivity index (χ3n) is 4.84. The fourth-order valence-electron chi connectivity index (χ4n) is 3.21. The van der Waals surface area contributed by atoms with Crippen molar-refractivity contribution in [1.29, 1.82) is 0 Å². The van der Waals surface area contributed by atoms with Gasteiger partial charge in [0.1, 0.15) is 12.7 Å². The number of hydrogen-bond donors (Lipinski definition) is 1. The third kappa shape index (κ3) is 5.39. The smallest absolute Gasteiger partial charge is 0.191 e. The van der Waals surface area contributed by atoms with Gasteiger partial charge in [-0.15, -0.1) is 24.0 Å². The highest BCUT2D eigenvalue weighted by Crippen LogP contribution is 2.19. The Labute approximate surface area is 192 Å². The van der Waals surface area contributed by atoms with Crippen molar-refractivity contribution in [2.75, 3.05) is 31.1 Å². The number of aliphatic imine (C=N–C) groups is 1. The summed E-state index contributed by atoms with van der Waals surface area (Å²) in [5, 5.41) is 4.88. The van der Waals surface area contributed by atoms with Gasteiger partial charge in [0.2, 0.25) is 0 Å². The van der Waals surface area contributed by atoms with Gasteiger partial charge < -0.3 is 15.5 Å². The molecule has 0 saturated carbocycles. The number of nitrogens with two attached hydrogens (primary N) is 1. The second-order valence-corrected chi connectivity index (χ2v) is 7.07. The minimum Gasteiger partial charge on any atom is -0.370 e. The second kappa shape index (κ2) is 9.93. The van der Waals surface area contributed by atoms with Crippen molar-refractivity contribution in [2.24, 2.45) is 10.7 Å². The molecule has 1 saturated heterocycles. The molecule has 2 aromatic carbocycles. The van der Waals surface area contributed by atoms with Crippen LogP contribution in [-0.2, 0) is 6.54 Å². The first-order valence-electron chi connectivity index (χ1n) is 9.18. The topological polar surface area (TPSA) is 75.6 Å². The molecule has 152 valence electrons. The summed E-state index contributed by atoms with van der Waals surface area (Å²) in [6.45, 7) is 4.07. The van der Waals surface area contributed by atoms with E-state index < -0.39 is 0 Å². The highest BCUT2D eigenvalue weighted by atomic mass is 127. The molecule has 4 rings (SSSR count). The molecule has 7 nitrogen and oxygen atoms in total. The Morgan fingerprint density at radius 1 is 0.966 bits per heavy atom. The quantitative estimate of drug-likeness (QED) is 0.323. The van der Waals surface area contributed by atoms with Crippen LogP contribution in [-0.4, -0.2) is 51.8 Å². The molecule has 2 N–H and O–H groups in total. The van der Waals surface area contributed by atoms with E-state index in [4.69, 9.17) is 17.3 Å². The Balaban J connectivity index is 0.00000240. The molecule has 3 aromatic rings. The molecule has 0 bridgehead atoms. The average molecular weight is 524 g/mol. The molecular formula is C20H23ClIN7. The molecule has 2 heterocycles. The van der Waals surface area contributed by atoms with Crippen molar-refractivity contribution in [3.05, 3.63) is 71.8 Å². The molecule has 9 heteroatoms. The number of piperazine rings is 1. The summed E-state index contributed by atoms with van der Waals surface area (Å²) >= 11 is 5.97. The minimum absolute atomic E-state index is 0. The van der Waals surface area contributed by atoms with Crippen molar-refractivity contribution in [3.8, 4) is 5.69 Å². The number of hydrogen-bond acceptors (Lipinski definition) is 4. The molecule has 1 fully saturated rings. The van der Waals surface area contributed by atoms with Gasteiger partial charge in [0.05, 0.1) is 12.2 Å². The van der Waals surface area contributed by atoms with E-state index in [0.29, 0.717) is 12.5 Å². The van der Waals surface area contributed by atoms with Gasteiger partial charge in [0.15, 0.2) is 5.96 Å². The van der Waals surface area contributed by atoms with Gasteiger partial charge in [0.25, 0.3) is 0 Å². The van der Waals surface area contributed by atoms with Gasteiger partial charge >= 0.3 is 0 Å². The van der Waals surface area contributed by atoms with E-state index >= 15 is 0 Å². The molecule has 1 aromatic heterocycles. The monoisotopic (exact) mass is 523 g/mol. The molecule has 1 aliphatic rings. The van der Waals surface area contributed by atoms with Crippen LogP contribution in [0.15, 0.2) is 66.2 Å². The largest absolute Gasteiger partial charge is 0.370 e.